The van der Waals surface area contributed by atoms with E-state index < -0.39 is 0 Å². The summed E-state index contributed by atoms with van der Waals surface area (Å²) in [5.41, 5.74) is -0.0458. The molecule has 1 unspecified atom stereocenters. The molecule has 1 saturated heterocycles. The first kappa shape index (κ1) is 9.54. The van der Waals surface area contributed by atoms with Crippen molar-refractivity contribution in [2.24, 2.45) is 0 Å². The number of hydrogen-bond donors (Lipinski definition) is 0. The molecule has 0 radical (unpaired) electrons. The van der Waals surface area contributed by atoms with E-state index in [1.165, 1.54) is 4.46 Å². The van der Waals surface area contributed by atoms with Gasteiger partial charge in [0.2, 0.25) is 0 Å². The van der Waals surface area contributed by atoms with E-state index in [4.69, 9.17) is 16.3 Å². The zero-order valence-corrected chi connectivity index (χ0v) is 9.62. The second-order valence-corrected chi connectivity index (χ2v) is 6.40. The summed E-state index contributed by atoms with van der Waals surface area (Å²) >= 11 is 6.38. The molecular formula is C10H11ClOSe. The van der Waals surface area contributed by atoms with Crippen LogP contribution in [0.3, 0.4) is 0 Å². The number of alkyl halides is 1. The first-order valence-electron chi connectivity index (χ1n) is 4.32. The Morgan fingerprint density at radius 2 is 2.08 bits per heavy atom. The van der Waals surface area contributed by atoms with Crippen LogP contribution in [0.4, 0.5) is 0 Å². The van der Waals surface area contributed by atoms with Crippen LogP contribution in [0.2, 0.25) is 4.82 Å². The molecule has 0 N–H and O–H groups in total. The van der Waals surface area contributed by atoms with E-state index in [0.29, 0.717) is 19.8 Å². The molecule has 0 spiro atoms. The van der Waals surface area contributed by atoms with Crippen molar-refractivity contribution in [1.29, 1.82) is 0 Å². The second-order valence-electron chi connectivity index (χ2n) is 3.03. The molecule has 0 aliphatic carbocycles. The van der Waals surface area contributed by atoms with Gasteiger partial charge in [-0.05, 0) is 0 Å². The van der Waals surface area contributed by atoms with Crippen LogP contribution in [-0.2, 0) is 4.74 Å². The molecule has 2 rings (SSSR count). The van der Waals surface area contributed by atoms with E-state index in [1.807, 2.05) is 0 Å². The molecule has 1 aromatic carbocycles. The molecule has 1 fully saturated rings. The maximum absolute atomic E-state index is 5.86. The van der Waals surface area contributed by atoms with Crippen molar-refractivity contribution in [3.63, 3.8) is 0 Å². The molecule has 1 aliphatic heterocycles. The van der Waals surface area contributed by atoms with Gasteiger partial charge in [-0.3, -0.25) is 0 Å². The Balaban J connectivity index is 1.92. The van der Waals surface area contributed by atoms with Crippen LogP contribution in [0.1, 0.15) is 6.42 Å². The molecule has 70 valence electrons. The Morgan fingerprint density at radius 3 is 2.69 bits per heavy atom. The van der Waals surface area contributed by atoms with Crippen molar-refractivity contribution < 1.29 is 4.74 Å². The van der Waals surface area contributed by atoms with E-state index in [0.717, 1.165) is 13.0 Å². The van der Waals surface area contributed by atoms with E-state index in [1.54, 1.807) is 0 Å². The normalized spacial score (nSPS) is 27.8. The Bertz CT molecular complexity index is 265. The number of hydrogen-bond acceptors (Lipinski definition) is 1. The standard InChI is InChI=1S/C10H11ClOSe/c11-10-6-9(7-12-10)13-8-4-2-1-3-5-8/h1-5,9-10H,6-7H2/t9-,10?/m0/s1. The maximum atomic E-state index is 5.86. The molecule has 1 aliphatic rings. The predicted molar refractivity (Wildman–Crippen MR) is 55.8 cm³/mol. The van der Waals surface area contributed by atoms with Crippen molar-refractivity contribution in [3.8, 4) is 0 Å². The van der Waals surface area contributed by atoms with Crippen molar-refractivity contribution in [3.05, 3.63) is 30.3 Å². The first-order chi connectivity index (χ1) is 6.34. The Labute approximate surface area is 89.6 Å². The average molecular weight is 262 g/mol. The summed E-state index contributed by atoms with van der Waals surface area (Å²) < 4.78 is 6.76. The molecule has 13 heavy (non-hydrogen) atoms. The molecule has 1 heterocycles. The van der Waals surface area contributed by atoms with Crippen molar-refractivity contribution in [1.82, 2.24) is 0 Å². The van der Waals surface area contributed by atoms with Gasteiger partial charge in [0, 0.05) is 0 Å². The van der Waals surface area contributed by atoms with Crippen LogP contribution in [0, 0.1) is 0 Å². The fourth-order valence-corrected chi connectivity index (χ4v) is 4.20. The summed E-state index contributed by atoms with van der Waals surface area (Å²) in [5, 5.41) is 0. The summed E-state index contributed by atoms with van der Waals surface area (Å²) in [6, 6.07) is 10.6. The van der Waals surface area contributed by atoms with Crippen LogP contribution in [0.5, 0.6) is 0 Å². The molecule has 0 bridgehead atoms. The van der Waals surface area contributed by atoms with Crippen LogP contribution in [0.25, 0.3) is 0 Å². The minimum absolute atomic E-state index is 0.0458. The van der Waals surface area contributed by atoms with Gasteiger partial charge in [-0.15, -0.1) is 0 Å². The molecule has 1 nitrogen and oxygen atoms in total. The summed E-state index contributed by atoms with van der Waals surface area (Å²) in [6.45, 7) is 0.836. The van der Waals surface area contributed by atoms with Gasteiger partial charge in [0.1, 0.15) is 0 Å². The first-order valence-corrected chi connectivity index (χ1v) is 6.60. The van der Waals surface area contributed by atoms with E-state index >= 15 is 0 Å². The van der Waals surface area contributed by atoms with Crippen LogP contribution >= 0.6 is 11.6 Å². The minimum atomic E-state index is -0.0458. The van der Waals surface area contributed by atoms with Crippen LogP contribution in [0.15, 0.2) is 30.3 Å². The van der Waals surface area contributed by atoms with Gasteiger partial charge >= 0.3 is 89.5 Å². The van der Waals surface area contributed by atoms with Crippen molar-refractivity contribution in [2.75, 3.05) is 6.61 Å². The summed E-state index contributed by atoms with van der Waals surface area (Å²) in [5.74, 6) is 0. The monoisotopic (exact) mass is 262 g/mol. The van der Waals surface area contributed by atoms with Gasteiger partial charge in [-0.25, -0.2) is 0 Å². The Hall–Kier alpha value is -0.0105. The number of rotatable bonds is 2. The Morgan fingerprint density at radius 1 is 1.31 bits per heavy atom. The number of ether oxygens (including phenoxy) is 1. The molecule has 0 amide bonds. The SMILES string of the molecule is ClC1C[C@H]([Se]c2ccccc2)CO1. The third kappa shape index (κ3) is 2.72. The summed E-state index contributed by atoms with van der Waals surface area (Å²) in [4.78, 5) is 0.664. The molecule has 3 heteroatoms. The zero-order chi connectivity index (χ0) is 9.10. The molecule has 2 atom stereocenters. The fraction of sp³-hybridized carbons (Fsp3) is 0.400. The van der Waals surface area contributed by atoms with E-state index in [-0.39, 0.29) is 5.56 Å². The second kappa shape index (κ2) is 4.47. The van der Waals surface area contributed by atoms with Gasteiger partial charge in [0.25, 0.3) is 0 Å². The summed E-state index contributed by atoms with van der Waals surface area (Å²) in [7, 11) is 0. The third-order valence-corrected chi connectivity index (χ3v) is 4.79. The summed E-state index contributed by atoms with van der Waals surface area (Å²) in [6.07, 6.45) is 1.01. The van der Waals surface area contributed by atoms with Crippen molar-refractivity contribution in [2.45, 2.75) is 16.8 Å². The van der Waals surface area contributed by atoms with Crippen molar-refractivity contribution >= 4 is 31.0 Å². The fourth-order valence-electron chi connectivity index (χ4n) is 1.33. The van der Waals surface area contributed by atoms with E-state index in [9.17, 15) is 0 Å². The molecule has 1 aromatic rings. The van der Waals surface area contributed by atoms with Crippen LogP contribution < -0.4 is 4.46 Å². The zero-order valence-electron chi connectivity index (χ0n) is 7.15. The third-order valence-electron chi connectivity index (χ3n) is 1.96. The number of halogens is 1. The van der Waals surface area contributed by atoms with Gasteiger partial charge < -0.3 is 0 Å². The topological polar surface area (TPSA) is 9.23 Å². The quantitative estimate of drug-likeness (QED) is 0.583. The predicted octanol–water partition coefficient (Wildman–Crippen LogP) is 1.79. The average Bonchev–Trinajstić information content (AvgIpc) is 2.53. The molecular weight excluding hydrogens is 251 g/mol. The van der Waals surface area contributed by atoms with E-state index in [2.05, 4.69) is 30.3 Å². The Kier molecular flexibility index (Phi) is 3.28. The molecule has 0 saturated carbocycles. The van der Waals surface area contributed by atoms with Gasteiger partial charge in [-0.1, -0.05) is 0 Å². The number of benzene rings is 1. The molecule has 0 aromatic heterocycles. The van der Waals surface area contributed by atoms with Gasteiger partial charge in [0.05, 0.1) is 0 Å². The van der Waals surface area contributed by atoms with Gasteiger partial charge in [0.15, 0.2) is 0 Å². The van der Waals surface area contributed by atoms with Gasteiger partial charge in [-0.2, -0.15) is 0 Å². The van der Waals surface area contributed by atoms with Crippen LogP contribution in [-0.4, -0.2) is 27.1 Å².